The van der Waals surface area contributed by atoms with Crippen molar-refractivity contribution in [2.45, 2.75) is 18.3 Å². The van der Waals surface area contributed by atoms with E-state index in [1.807, 2.05) is 0 Å². The van der Waals surface area contributed by atoms with Gasteiger partial charge in [-0.15, -0.1) is 0 Å². The Kier molecular flexibility index (Phi) is 3.06. The minimum Gasteiger partial charge on any atom is -0.358 e. The Balaban J connectivity index is 2.21. The van der Waals surface area contributed by atoms with Crippen molar-refractivity contribution in [1.82, 2.24) is 5.32 Å². The van der Waals surface area contributed by atoms with Gasteiger partial charge in [0.25, 0.3) is 0 Å². The van der Waals surface area contributed by atoms with E-state index in [2.05, 4.69) is 10.0 Å². The zero-order valence-corrected chi connectivity index (χ0v) is 11.2. The summed E-state index contributed by atoms with van der Waals surface area (Å²) in [4.78, 5) is 11.8. The number of nitrogens with one attached hydrogen (secondary N) is 2. The predicted molar refractivity (Wildman–Crippen MR) is 69.9 cm³/mol. The van der Waals surface area contributed by atoms with Gasteiger partial charge in [-0.3, -0.25) is 9.52 Å². The van der Waals surface area contributed by atoms with Crippen molar-refractivity contribution in [1.29, 1.82) is 0 Å². The zero-order chi connectivity index (χ0) is 13.4. The maximum absolute atomic E-state index is 11.8. The first-order chi connectivity index (χ1) is 8.37. The SMILES string of the molecule is CNC(=O)C1(c2ccc(NS(C)(=O)=O)cc2)CC1. The van der Waals surface area contributed by atoms with Crippen molar-refractivity contribution in [2.24, 2.45) is 0 Å². The number of rotatable bonds is 4. The Morgan fingerprint density at radius 2 is 1.78 bits per heavy atom. The fourth-order valence-corrected chi connectivity index (χ4v) is 2.65. The molecule has 0 aliphatic heterocycles. The molecule has 0 spiro atoms. The Hall–Kier alpha value is -1.56. The summed E-state index contributed by atoms with van der Waals surface area (Å²) < 4.78 is 24.5. The highest BCUT2D eigenvalue weighted by atomic mass is 32.2. The van der Waals surface area contributed by atoms with Crippen molar-refractivity contribution in [3.63, 3.8) is 0 Å². The molecule has 6 heteroatoms. The van der Waals surface area contributed by atoms with E-state index in [0.29, 0.717) is 5.69 Å². The monoisotopic (exact) mass is 268 g/mol. The van der Waals surface area contributed by atoms with Gasteiger partial charge in [0.2, 0.25) is 15.9 Å². The molecule has 0 aromatic heterocycles. The van der Waals surface area contributed by atoms with Crippen LogP contribution in [0.3, 0.4) is 0 Å². The smallest absolute Gasteiger partial charge is 0.230 e. The third kappa shape index (κ3) is 2.48. The van der Waals surface area contributed by atoms with Crippen molar-refractivity contribution < 1.29 is 13.2 Å². The first kappa shape index (κ1) is 12.9. The van der Waals surface area contributed by atoms with Gasteiger partial charge in [0.05, 0.1) is 11.7 Å². The zero-order valence-electron chi connectivity index (χ0n) is 10.4. The normalized spacial score (nSPS) is 17.0. The van der Waals surface area contributed by atoms with Gasteiger partial charge in [0.1, 0.15) is 0 Å². The van der Waals surface area contributed by atoms with E-state index < -0.39 is 15.4 Å². The number of hydrogen-bond acceptors (Lipinski definition) is 3. The number of amides is 1. The molecule has 18 heavy (non-hydrogen) atoms. The number of likely N-dealkylation sites (N-methyl/N-ethyl adjacent to an activating group) is 1. The fraction of sp³-hybridized carbons (Fsp3) is 0.417. The third-order valence-corrected chi connectivity index (χ3v) is 3.76. The minimum absolute atomic E-state index is 0.0197. The first-order valence-corrected chi connectivity index (χ1v) is 7.57. The van der Waals surface area contributed by atoms with Crippen LogP contribution in [0.1, 0.15) is 18.4 Å². The van der Waals surface area contributed by atoms with Crippen molar-refractivity contribution in [3.05, 3.63) is 29.8 Å². The second-order valence-electron chi connectivity index (χ2n) is 4.61. The second-order valence-corrected chi connectivity index (χ2v) is 6.36. The van der Waals surface area contributed by atoms with Crippen molar-refractivity contribution >= 4 is 21.6 Å². The molecule has 1 aliphatic carbocycles. The van der Waals surface area contributed by atoms with E-state index in [4.69, 9.17) is 0 Å². The lowest BCUT2D eigenvalue weighted by atomic mass is 9.95. The van der Waals surface area contributed by atoms with Crippen LogP contribution in [-0.4, -0.2) is 27.6 Å². The maximum atomic E-state index is 11.8. The fourth-order valence-electron chi connectivity index (χ4n) is 2.08. The number of carbonyl (C=O) groups is 1. The summed E-state index contributed by atoms with van der Waals surface area (Å²) in [7, 11) is -1.63. The van der Waals surface area contributed by atoms with Gasteiger partial charge in [-0.25, -0.2) is 8.42 Å². The van der Waals surface area contributed by atoms with Gasteiger partial charge >= 0.3 is 0 Å². The summed E-state index contributed by atoms with van der Waals surface area (Å²) in [6.45, 7) is 0. The minimum atomic E-state index is -3.26. The molecule has 0 bridgehead atoms. The van der Waals surface area contributed by atoms with E-state index >= 15 is 0 Å². The van der Waals surface area contributed by atoms with E-state index in [1.165, 1.54) is 0 Å². The highest BCUT2D eigenvalue weighted by molar-refractivity contribution is 7.92. The number of carbonyl (C=O) groups excluding carboxylic acids is 1. The first-order valence-electron chi connectivity index (χ1n) is 5.68. The molecule has 0 unspecified atom stereocenters. The van der Waals surface area contributed by atoms with Gasteiger partial charge in [-0.05, 0) is 30.5 Å². The van der Waals surface area contributed by atoms with E-state index in [1.54, 1.807) is 31.3 Å². The van der Waals surface area contributed by atoms with Gasteiger partial charge in [-0.2, -0.15) is 0 Å². The Morgan fingerprint density at radius 3 is 2.17 bits per heavy atom. The van der Waals surface area contributed by atoms with E-state index in [-0.39, 0.29) is 5.91 Å². The molecular weight excluding hydrogens is 252 g/mol. The van der Waals surface area contributed by atoms with Crippen molar-refractivity contribution in [3.8, 4) is 0 Å². The number of anilines is 1. The predicted octanol–water partition coefficient (Wildman–Crippen LogP) is 0.836. The van der Waals surface area contributed by atoms with Crippen LogP contribution in [0, 0.1) is 0 Å². The average Bonchev–Trinajstić information content (AvgIpc) is 3.08. The molecule has 2 N–H and O–H groups in total. The molecule has 1 aliphatic rings. The van der Waals surface area contributed by atoms with Crippen LogP contribution >= 0.6 is 0 Å². The number of sulfonamides is 1. The largest absolute Gasteiger partial charge is 0.358 e. The highest BCUT2D eigenvalue weighted by Gasteiger charge is 2.50. The molecule has 1 saturated carbocycles. The summed E-state index contributed by atoms with van der Waals surface area (Å²) >= 11 is 0. The molecule has 1 aromatic rings. The van der Waals surface area contributed by atoms with Crippen LogP contribution in [-0.2, 0) is 20.2 Å². The maximum Gasteiger partial charge on any atom is 0.230 e. The average molecular weight is 268 g/mol. The van der Waals surface area contributed by atoms with Gasteiger partial charge in [-0.1, -0.05) is 12.1 Å². The van der Waals surface area contributed by atoms with Crippen molar-refractivity contribution in [2.75, 3.05) is 18.0 Å². The second kappa shape index (κ2) is 4.28. The molecular formula is C12H16N2O3S. The van der Waals surface area contributed by atoms with Crippen LogP contribution in [0.15, 0.2) is 24.3 Å². The van der Waals surface area contributed by atoms with Crippen LogP contribution in [0.4, 0.5) is 5.69 Å². The van der Waals surface area contributed by atoms with Crippen LogP contribution in [0.2, 0.25) is 0 Å². The molecule has 0 saturated heterocycles. The molecule has 1 fully saturated rings. The molecule has 5 nitrogen and oxygen atoms in total. The highest BCUT2D eigenvalue weighted by Crippen LogP contribution is 2.48. The summed E-state index contributed by atoms with van der Waals surface area (Å²) in [5, 5.41) is 2.67. The van der Waals surface area contributed by atoms with Gasteiger partial charge in [0.15, 0.2) is 0 Å². The van der Waals surface area contributed by atoms with Crippen LogP contribution in [0.5, 0.6) is 0 Å². The topological polar surface area (TPSA) is 75.3 Å². The lowest BCUT2D eigenvalue weighted by molar-refractivity contribution is -0.123. The molecule has 1 aromatic carbocycles. The van der Waals surface area contributed by atoms with Crippen LogP contribution in [0.25, 0.3) is 0 Å². The summed E-state index contributed by atoms with van der Waals surface area (Å²) in [5.74, 6) is 0.0197. The molecule has 1 amide bonds. The van der Waals surface area contributed by atoms with Crippen LogP contribution < -0.4 is 10.0 Å². The number of benzene rings is 1. The summed E-state index contributed by atoms with van der Waals surface area (Å²) in [6.07, 6.45) is 2.78. The quantitative estimate of drug-likeness (QED) is 0.849. The molecule has 0 heterocycles. The summed E-state index contributed by atoms with van der Waals surface area (Å²) in [5.41, 5.74) is 1.04. The molecule has 98 valence electrons. The lowest BCUT2D eigenvalue weighted by Gasteiger charge is -2.14. The van der Waals surface area contributed by atoms with Gasteiger partial charge < -0.3 is 5.32 Å². The molecule has 0 radical (unpaired) electrons. The van der Waals surface area contributed by atoms with Gasteiger partial charge in [0, 0.05) is 12.7 Å². The van der Waals surface area contributed by atoms with E-state index in [9.17, 15) is 13.2 Å². The third-order valence-electron chi connectivity index (χ3n) is 3.15. The Labute approximate surface area is 107 Å². The Bertz CT molecular complexity index is 559. The lowest BCUT2D eigenvalue weighted by Crippen LogP contribution is -2.31. The number of hydrogen-bond donors (Lipinski definition) is 2. The molecule has 2 rings (SSSR count). The Morgan fingerprint density at radius 1 is 1.22 bits per heavy atom. The standard InChI is InChI=1S/C12H16N2O3S/c1-13-11(15)12(7-8-12)9-3-5-10(6-4-9)14-18(2,16)17/h3-6,14H,7-8H2,1-2H3,(H,13,15). The van der Waals surface area contributed by atoms with E-state index in [0.717, 1.165) is 24.7 Å². The summed E-state index contributed by atoms with van der Waals surface area (Å²) in [6, 6.07) is 6.96. The molecule has 0 atom stereocenters.